The highest BCUT2D eigenvalue weighted by atomic mass is 16.6. The van der Waals surface area contributed by atoms with Crippen molar-refractivity contribution >= 4 is 17.6 Å². The quantitative estimate of drug-likeness (QED) is 0.634. The largest absolute Gasteiger partial charge is 0.545 e. The Bertz CT molecular complexity index is 832. The van der Waals surface area contributed by atoms with E-state index in [1.165, 1.54) is 0 Å². The third-order valence-corrected chi connectivity index (χ3v) is 3.92. The lowest BCUT2D eigenvalue weighted by Gasteiger charge is -2.16. The molecule has 0 aromatic heterocycles. The molecule has 0 saturated heterocycles. The van der Waals surface area contributed by atoms with Gasteiger partial charge < -0.3 is 15.2 Å². The zero-order chi connectivity index (χ0) is 18.6. The maximum atomic E-state index is 12.2. The van der Waals surface area contributed by atoms with Gasteiger partial charge in [0.05, 0.1) is 28.9 Å². The summed E-state index contributed by atoms with van der Waals surface area (Å²) in [5.74, 6) is -1.75. The Kier molecular flexibility index (Phi) is 5.49. The lowest BCUT2D eigenvalue weighted by Crippen LogP contribution is -2.29. The van der Waals surface area contributed by atoms with Gasteiger partial charge in [-0.3, -0.25) is 14.9 Å². The van der Waals surface area contributed by atoms with Crippen molar-refractivity contribution < 1.29 is 19.6 Å². The number of carboxylic acids is 1. The Morgan fingerprint density at radius 3 is 2.48 bits per heavy atom. The Morgan fingerprint density at radius 2 is 1.88 bits per heavy atom. The Hall–Kier alpha value is -3.22. The summed E-state index contributed by atoms with van der Waals surface area (Å²) >= 11 is 0. The minimum Gasteiger partial charge on any atom is -0.545 e. The minimum absolute atomic E-state index is 0.116. The second-order valence-electron chi connectivity index (χ2n) is 5.71. The molecule has 2 aromatic rings. The van der Waals surface area contributed by atoms with E-state index in [9.17, 15) is 24.8 Å². The molecule has 7 heteroatoms. The average molecular weight is 341 g/mol. The molecule has 0 radical (unpaired) electrons. The summed E-state index contributed by atoms with van der Waals surface area (Å²) in [6, 6.07) is 10.1. The Labute approximate surface area is 144 Å². The van der Waals surface area contributed by atoms with Gasteiger partial charge in [-0.2, -0.15) is 0 Å². The predicted molar refractivity (Wildman–Crippen MR) is 88.9 cm³/mol. The van der Waals surface area contributed by atoms with Gasteiger partial charge in [0.1, 0.15) is 0 Å². The van der Waals surface area contributed by atoms with Gasteiger partial charge in [-0.25, -0.2) is 0 Å². The van der Waals surface area contributed by atoms with Crippen molar-refractivity contribution in [1.82, 2.24) is 5.32 Å². The third-order valence-electron chi connectivity index (χ3n) is 3.92. The summed E-state index contributed by atoms with van der Waals surface area (Å²) < 4.78 is 0. The number of benzene rings is 2. The van der Waals surface area contributed by atoms with Crippen molar-refractivity contribution in [3.63, 3.8) is 0 Å². The number of amides is 1. The van der Waals surface area contributed by atoms with Gasteiger partial charge in [0.25, 0.3) is 5.69 Å². The van der Waals surface area contributed by atoms with E-state index in [0.717, 1.165) is 29.3 Å². The van der Waals surface area contributed by atoms with E-state index in [1.54, 1.807) is 6.92 Å². The maximum absolute atomic E-state index is 12.2. The minimum atomic E-state index is -1.44. The molecule has 25 heavy (non-hydrogen) atoms. The van der Waals surface area contributed by atoms with E-state index in [1.807, 2.05) is 31.2 Å². The van der Waals surface area contributed by atoms with Crippen LogP contribution in [0.4, 0.5) is 5.69 Å². The molecule has 0 saturated carbocycles. The van der Waals surface area contributed by atoms with Crippen molar-refractivity contribution in [1.29, 1.82) is 0 Å². The molecular formula is C18H17N2O5-. The number of nitro benzene ring substituents is 1. The summed E-state index contributed by atoms with van der Waals surface area (Å²) in [7, 11) is 0. The van der Waals surface area contributed by atoms with Crippen LogP contribution in [0.25, 0.3) is 0 Å². The summed E-state index contributed by atoms with van der Waals surface area (Å²) in [6.45, 7) is 3.46. The van der Waals surface area contributed by atoms with Crippen molar-refractivity contribution in [3.8, 4) is 0 Å². The third kappa shape index (κ3) is 4.41. The topological polar surface area (TPSA) is 112 Å². The first kappa shape index (κ1) is 18.1. The van der Waals surface area contributed by atoms with Crippen LogP contribution in [0, 0.1) is 17.0 Å². The molecule has 1 amide bonds. The zero-order valence-corrected chi connectivity index (χ0v) is 13.8. The fraction of sp³-hybridized carbons (Fsp3) is 0.222. The number of carboxylic acid groups (broad SMARTS) is 1. The molecule has 130 valence electrons. The number of aryl methyl sites for hydroxylation is 1. The first-order chi connectivity index (χ1) is 11.8. The standard InChI is InChI=1S/C18H18N2O5/c1-11-5-3-4-6-13(11)10-17(21)19-12(2)15-9-14(18(22)23)7-8-16(15)20(24)25/h3-9,12H,10H2,1-2H3,(H,19,21)(H,22,23)/p-1. The van der Waals surface area contributed by atoms with E-state index >= 15 is 0 Å². The molecule has 0 spiro atoms. The molecule has 0 bridgehead atoms. The molecule has 0 heterocycles. The summed E-state index contributed by atoms with van der Waals surface area (Å²) in [5.41, 5.74) is 1.50. The van der Waals surface area contributed by atoms with Crippen LogP contribution >= 0.6 is 0 Å². The molecule has 1 atom stereocenters. The number of carbonyl (C=O) groups excluding carboxylic acids is 2. The summed E-state index contributed by atoms with van der Waals surface area (Å²) in [5, 5.41) is 24.8. The molecule has 1 N–H and O–H groups in total. The molecular weight excluding hydrogens is 324 g/mol. The Morgan fingerprint density at radius 1 is 1.20 bits per heavy atom. The summed E-state index contributed by atoms with van der Waals surface area (Å²) in [4.78, 5) is 33.8. The zero-order valence-electron chi connectivity index (χ0n) is 13.8. The maximum Gasteiger partial charge on any atom is 0.274 e. The van der Waals surface area contributed by atoms with Gasteiger partial charge in [-0.05, 0) is 42.7 Å². The van der Waals surface area contributed by atoms with Crippen LogP contribution in [0.5, 0.6) is 0 Å². The van der Waals surface area contributed by atoms with Crippen LogP contribution in [0.2, 0.25) is 0 Å². The second-order valence-corrected chi connectivity index (χ2v) is 5.71. The highest BCUT2D eigenvalue weighted by molar-refractivity contribution is 5.86. The number of hydrogen-bond acceptors (Lipinski definition) is 5. The van der Waals surface area contributed by atoms with Gasteiger partial charge in [0.2, 0.25) is 5.91 Å². The fourth-order valence-electron chi connectivity index (χ4n) is 2.55. The number of aromatic carboxylic acids is 1. The Balaban J connectivity index is 2.22. The van der Waals surface area contributed by atoms with Crippen molar-refractivity contribution in [2.45, 2.75) is 26.3 Å². The fourth-order valence-corrected chi connectivity index (χ4v) is 2.55. The van der Waals surface area contributed by atoms with Crippen LogP contribution in [0.1, 0.15) is 40.0 Å². The second kappa shape index (κ2) is 7.57. The number of rotatable bonds is 6. The summed E-state index contributed by atoms with van der Waals surface area (Å²) in [6.07, 6.45) is 0.130. The lowest BCUT2D eigenvalue weighted by molar-refractivity contribution is -0.385. The van der Waals surface area contributed by atoms with E-state index in [2.05, 4.69) is 5.32 Å². The SMILES string of the molecule is Cc1ccccc1CC(=O)NC(C)c1cc(C(=O)[O-])ccc1[N+](=O)[O-]. The van der Waals surface area contributed by atoms with Crippen LogP contribution in [0.3, 0.4) is 0 Å². The molecule has 0 fully saturated rings. The highest BCUT2D eigenvalue weighted by Gasteiger charge is 2.21. The first-order valence-corrected chi connectivity index (χ1v) is 7.63. The number of nitrogens with one attached hydrogen (secondary N) is 1. The van der Waals surface area contributed by atoms with E-state index in [4.69, 9.17) is 0 Å². The molecule has 0 aliphatic carbocycles. The number of nitrogens with zero attached hydrogens (tertiary/aromatic N) is 1. The van der Waals surface area contributed by atoms with Gasteiger partial charge in [0, 0.05) is 6.07 Å². The molecule has 7 nitrogen and oxygen atoms in total. The van der Waals surface area contributed by atoms with Gasteiger partial charge >= 0.3 is 0 Å². The van der Waals surface area contributed by atoms with Crippen LogP contribution in [-0.4, -0.2) is 16.8 Å². The van der Waals surface area contributed by atoms with E-state index < -0.39 is 16.9 Å². The van der Waals surface area contributed by atoms with Crippen LogP contribution in [0.15, 0.2) is 42.5 Å². The van der Waals surface area contributed by atoms with Crippen molar-refractivity contribution in [2.75, 3.05) is 0 Å². The first-order valence-electron chi connectivity index (χ1n) is 7.63. The van der Waals surface area contributed by atoms with Crippen molar-refractivity contribution in [2.24, 2.45) is 0 Å². The number of hydrogen-bond donors (Lipinski definition) is 1. The lowest BCUT2D eigenvalue weighted by atomic mass is 10.0. The average Bonchev–Trinajstić information content (AvgIpc) is 2.56. The van der Waals surface area contributed by atoms with E-state index in [0.29, 0.717) is 0 Å². The molecule has 0 aliphatic rings. The van der Waals surface area contributed by atoms with E-state index in [-0.39, 0.29) is 29.1 Å². The molecule has 2 rings (SSSR count). The number of nitro groups is 1. The van der Waals surface area contributed by atoms with Crippen LogP contribution < -0.4 is 10.4 Å². The van der Waals surface area contributed by atoms with Gasteiger partial charge in [0.15, 0.2) is 0 Å². The normalized spacial score (nSPS) is 11.6. The van der Waals surface area contributed by atoms with Gasteiger partial charge in [-0.1, -0.05) is 24.3 Å². The van der Waals surface area contributed by atoms with Gasteiger partial charge in [-0.15, -0.1) is 0 Å². The molecule has 1 unspecified atom stereocenters. The predicted octanol–water partition coefficient (Wildman–Crippen LogP) is 1.69. The monoisotopic (exact) mass is 341 g/mol. The molecule has 2 aromatic carbocycles. The number of carbonyl (C=O) groups is 2. The molecule has 0 aliphatic heterocycles. The van der Waals surface area contributed by atoms with Crippen molar-refractivity contribution in [3.05, 3.63) is 74.8 Å². The van der Waals surface area contributed by atoms with Crippen LogP contribution in [-0.2, 0) is 11.2 Å². The highest BCUT2D eigenvalue weighted by Crippen LogP contribution is 2.26. The smallest absolute Gasteiger partial charge is 0.274 e.